The molecule has 140 valence electrons. The zero-order valence-electron chi connectivity index (χ0n) is 15.0. The molecule has 0 aromatic carbocycles. The van der Waals surface area contributed by atoms with Crippen molar-refractivity contribution in [2.24, 2.45) is 11.8 Å². The van der Waals surface area contributed by atoms with Crippen LogP contribution >= 0.6 is 0 Å². The van der Waals surface area contributed by atoms with Crippen molar-refractivity contribution in [1.29, 1.82) is 0 Å². The summed E-state index contributed by atoms with van der Waals surface area (Å²) < 4.78 is 28.9. The molecule has 0 radical (unpaired) electrons. The highest BCUT2D eigenvalue weighted by molar-refractivity contribution is 7.91. The van der Waals surface area contributed by atoms with Crippen molar-refractivity contribution in [3.05, 3.63) is 0 Å². The second kappa shape index (κ2) is 9.15. The van der Waals surface area contributed by atoms with Gasteiger partial charge in [0.2, 0.25) is 5.91 Å². The SMILES string of the molecule is CCC(CC)[C@@H](CNC(=O)[C@H]1CCCS(=O)(=O)C1)N1CCOCC1. The van der Waals surface area contributed by atoms with Gasteiger partial charge >= 0.3 is 0 Å². The molecular formula is C17H32N2O4S. The third kappa shape index (κ3) is 5.43. The first-order chi connectivity index (χ1) is 11.5. The van der Waals surface area contributed by atoms with Gasteiger partial charge in [0.05, 0.1) is 30.6 Å². The lowest BCUT2D eigenvalue weighted by Crippen LogP contribution is -2.53. The van der Waals surface area contributed by atoms with Crippen LogP contribution in [0.25, 0.3) is 0 Å². The Kier molecular flexibility index (Phi) is 7.50. The fourth-order valence-corrected chi connectivity index (χ4v) is 5.62. The molecule has 2 rings (SSSR count). The number of ether oxygens (including phenoxy) is 1. The van der Waals surface area contributed by atoms with Crippen LogP contribution in [-0.2, 0) is 19.4 Å². The maximum atomic E-state index is 12.5. The normalized spacial score (nSPS) is 26.2. The van der Waals surface area contributed by atoms with Gasteiger partial charge in [-0.2, -0.15) is 0 Å². The molecule has 0 aromatic heterocycles. The minimum atomic E-state index is -3.05. The second-order valence-corrected chi connectivity index (χ2v) is 9.22. The van der Waals surface area contributed by atoms with Gasteiger partial charge in [-0.15, -0.1) is 0 Å². The molecular weight excluding hydrogens is 328 g/mol. The van der Waals surface area contributed by atoms with Crippen LogP contribution in [0.15, 0.2) is 0 Å². The van der Waals surface area contributed by atoms with Gasteiger partial charge in [0.15, 0.2) is 9.84 Å². The molecule has 0 unspecified atom stereocenters. The summed E-state index contributed by atoms with van der Waals surface area (Å²) in [5, 5.41) is 3.05. The predicted octanol–water partition coefficient (Wildman–Crippen LogP) is 1.06. The summed E-state index contributed by atoms with van der Waals surface area (Å²) in [6, 6.07) is 0.299. The summed E-state index contributed by atoms with van der Waals surface area (Å²) in [5.74, 6) is 0.282. The molecule has 2 aliphatic rings. The van der Waals surface area contributed by atoms with Gasteiger partial charge in [-0.05, 0) is 18.8 Å². The number of carbonyl (C=O) groups excluding carboxylic acids is 1. The van der Waals surface area contributed by atoms with Crippen LogP contribution in [-0.4, -0.2) is 69.6 Å². The van der Waals surface area contributed by atoms with Crippen LogP contribution < -0.4 is 5.32 Å². The lowest BCUT2D eigenvalue weighted by molar-refractivity contribution is -0.125. The third-order valence-corrected chi connectivity index (χ3v) is 7.25. The lowest BCUT2D eigenvalue weighted by atomic mass is 9.92. The fraction of sp³-hybridized carbons (Fsp3) is 0.941. The molecule has 24 heavy (non-hydrogen) atoms. The topological polar surface area (TPSA) is 75.7 Å². The highest BCUT2D eigenvalue weighted by Gasteiger charge is 2.32. The molecule has 7 heteroatoms. The van der Waals surface area contributed by atoms with E-state index in [9.17, 15) is 13.2 Å². The van der Waals surface area contributed by atoms with E-state index in [1.807, 2.05) is 0 Å². The molecule has 0 aliphatic carbocycles. The maximum absolute atomic E-state index is 12.5. The second-order valence-electron chi connectivity index (χ2n) is 6.99. The van der Waals surface area contributed by atoms with E-state index in [-0.39, 0.29) is 23.3 Å². The maximum Gasteiger partial charge on any atom is 0.224 e. The number of nitrogens with one attached hydrogen (secondary N) is 1. The van der Waals surface area contributed by atoms with Crippen molar-refractivity contribution in [1.82, 2.24) is 10.2 Å². The van der Waals surface area contributed by atoms with Crippen LogP contribution in [0.1, 0.15) is 39.5 Å². The molecule has 0 bridgehead atoms. The van der Waals surface area contributed by atoms with Crippen molar-refractivity contribution in [3.8, 4) is 0 Å². The van der Waals surface area contributed by atoms with Gasteiger partial charge in [-0.1, -0.05) is 26.7 Å². The van der Waals surface area contributed by atoms with Crippen LogP contribution in [0.2, 0.25) is 0 Å². The minimum Gasteiger partial charge on any atom is -0.379 e. The summed E-state index contributed by atoms with van der Waals surface area (Å²) in [6.07, 6.45) is 3.43. The molecule has 1 amide bonds. The number of morpholine rings is 1. The first-order valence-electron chi connectivity index (χ1n) is 9.26. The number of carbonyl (C=O) groups is 1. The number of sulfone groups is 1. The van der Waals surface area contributed by atoms with Crippen molar-refractivity contribution < 1.29 is 17.9 Å². The van der Waals surface area contributed by atoms with Crippen LogP contribution in [0.5, 0.6) is 0 Å². The molecule has 2 heterocycles. The molecule has 6 nitrogen and oxygen atoms in total. The largest absolute Gasteiger partial charge is 0.379 e. The molecule has 0 aromatic rings. The molecule has 2 atom stereocenters. The Hall–Kier alpha value is -0.660. The Bertz CT molecular complexity index is 499. The number of amides is 1. The summed E-state index contributed by atoms with van der Waals surface area (Å²) in [5.41, 5.74) is 0. The molecule has 2 saturated heterocycles. The predicted molar refractivity (Wildman–Crippen MR) is 94.6 cm³/mol. The third-order valence-electron chi connectivity index (χ3n) is 5.43. The van der Waals surface area contributed by atoms with E-state index in [1.54, 1.807) is 0 Å². The van der Waals surface area contributed by atoms with Gasteiger partial charge in [0.25, 0.3) is 0 Å². The molecule has 0 saturated carbocycles. The first-order valence-corrected chi connectivity index (χ1v) is 11.1. The van der Waals surface area contributed by atoms with E-state index in [4.69, 9.17) is 4.74 Å². The van der Waals surface area contributed by atoms with Gasteiger partial charge in [-0.3, -0.25) is 9.69 Å². The van der Waals surface area contributed by atoms with Crippen molar-refractivity contribution >= 4 is 15.7 Å². The van der Waals surface area contributed by atoms with Crippen molar-refractivity contribution in [2.45, 2.75) is 45.6 Å². The zero-order valence-corrected chi connectivity index (χ0v) is 15.8. The van der Waals surface area contributed by atoms with E-state index in [0.717, 1.165) is 39.1 Å². The Morgan fingerprint density at radius 3 is 2.50 bits per heavy atom. The van der Waals surface area contributed by atoms with Gasteiger partial charge < -0.3 is 10.1 Å². The van der Waals surface area contributed by atoms with Crippen LogP contribution in [0, 0.1) is 11.8 Å². The van der Waals surface area contributed by atoms with Gasteiger partial charge in [-0.25, -0.2) is 8.42 Å². The highest BCUT2D eigenvalue weighted by Crippen LogP contribution is 2.21. The average Bonchev–Trinajstić information content (AvgIpc) is 2.58. The quantitative estimate of drug-likeness (QED) is 0.735. The smallest absolute Gasteiger partial charge is 0.224 e. The molecule has 2 aliphatic heterocycles. The highest BCUT2D eigenvalue weighted by atomic mass is 32.2. The molecule has 1 N–H and O–H groups in total. The van der Waals surface area contributed by atoms with E-state index in [2.05, 4.69) is 24.1 Å². The summed E-state index contributed by atoms with van der Waals surface area (Å²) in [7, 11) is -3.05. The Morgan fingerprint density at radius 2 is 1.92 bits per heavy atom. The first kappa shape index (κ1) is 19.7. The van der Waals surface area contributed by atoms with E-state index in [1.165, 1.54) is 0 Å². The number of hydrogen-bond donors (Lipinski definition) is 1. The number of nitrogens with zero attached hydrogens (tertiary/aromatic N) is 1. The summed E-state index contributed by atoms with van der Waals surface area (Å²) >= 11 is 0. The van der Waals surface area contributed by atoms with Gasteiger partial charge in [0.1, 0.15) is 0 Å². The van der Waals surface area contributed by atoms with Crippen molar-refractivity contribution in [2.75, 3.05) is 44.4 Å². The minimum absolute atomic E-state index is 0.00599. The van der Waals surface area contributed by atoms with Gasteiger partial charge in [0, 0.05) is 25.7 Å². The van der Waals surface area contributed by atoms with Crippen LogP contribution in [0.3, 0.4) is 0 Å². The molecule has 2 fully saturated rings. The molecule has 0 spiro atoms. The Labute approximate surface area is 146 Å². The van der Waals surface area contributed by atoms with Crippen molar-refractivity contribution in [3.63, 3.8) is 0 Å². The Morgan fingerprint density at radius 1 is 1.25 bits per heavy atom. The Balaban J connectivity index is 1.94. The standard InChI is InChI=1S/C17H32N2O4S/c1-3-14(4-2)16(19-7-9-23-10-8-19)12-18-17(20)15-6-5-11-24(21,22)13-15/h14-16H,3-13H2,1-2H3,(H,18,20)/t15-,16+/m0/s1. The monoisotopic (exact) mass is 360 g/mol. The van der Waals surface area contributed by atoms with Crippen LogP contribution in [0.4, 0.5) is 0 Å². The fourth-order valence-electron chi connectivity index (χ4n) is 3.91. The summed E-state index contributed by atoms with van der Waals surface area (Å²) in [4.78, 5) is 14.9. The number of hydrogen-bond acceptors (Lipinski definition) is 5. The zero-order chi connectivity index (χ0) is 17.6. The van der Waals surface area contributed by atoms with E-state index in [0.29, 0.717) is 31.3 Å². The lowest BCUT2D eigenvalue weighted by Gasteiger charge is -2.39. The number of rotatable bonds is 7. The van der Waals surface area contributed by atoms with E-state index >= 15 is 0 Å². The van der Waals surface area contributed by atoms with E-state index < -0.39 is 9.84 Å². The average molecular weight is 361 g/mol. The summed E-state index contributed by atoms with van der Waals surface area (Å²) in [6.45, 7) is 8.26.